The molecule has 0 aromatic rings. The van der Waals surface area contributed by atoms with Crippen LogP contribution in [0.3, 0.4) is 0 Å². The van der Waals surface area contributed by atoms with E-state index in [1.54, 1.807) is 20.8 Å². The van der Waals surface area contributed by atoms with Gasteiger partial charge < -0.3 is 10.5 Å². The summed E-state index contributed by atoms with van der Waals surface area (Å²) in [6.07, 6.45) is -1.38. The maximum atomic E-state index is 13.5. The van der Waals surface area contributed by atoms with Gasteiger partial charge in [-0.1, -0.05) is 0 Å². The van der Waals surface area contributed by atoms with E-state index in [9.17, 15) is 13.6 Å². The highest BCUT2D eigenvalue weighted by atomic mass is 19.3. The van der Waals surface area contributed by atoms with Crippen molar-refractivity contribution < 1.29 is 22.8 Å². The number of likely N-dealkylation sites (tertiary alicyclic amines) is 1. The molecular weight excluding hydrogens is 244 g/mol. The number of quaternary nitrogens is 1. The molecule has 1 fully saturated rings. The third-order valence-corrected chi connectivity index (χ3v) is 2.91. The fourth-order valence-electron chi connectivity index (χ4n) is 2.11. The molecule has 0 spiro atoms. The number of nitrogens with one attached hydrogen (secondary N) is 1. The highest BCUT2D eigenvalue weighted by molar-refractivity contribution is 5.83. The number of carbonyl (C=O) groups excluding carboxylic acids is 1. The summed E-state index contributed by atoms with van der Waals surface area (Å²) in [5, 5.41) is 7.37. The molecule has 5 nitrogen and oxygen atoms in total. The van der Waals surface area contributed by atoms with Crippen LogP contribution in [-0.2, 0) is 4.74 Å². The third-order valence-electron chi connectivity index (χ3n) is 2.91. The second kappa shape index (κ2) is 4.15. The Bertz CT molecular complexity index is 379. The average Bonchev–Trinajstić information content (AvgIpc) is 2.34. The largest absolute Gasteiger partial charge is 0.517 e. The molecule has 1 amide bonds. The minimum Gasteiger partial charge on any atom is -0.414 e. The molecule has 0 radical (unpaired) electrons. The van der Waals surface area contributed by atoms with Crippen LogP contribution in [0.5, 0.6) is 0 Å². The molecule has 0 bridgehead atoms. The summed E-state index contributed by atoms with van der Waals surface area (Å²) in [6.45, 7) is 4.29. The number of amidine groups is 1. The van der Waals surface area contributed by atoms with Crippen molar-refractivity contribution in [1.29, 1.82) is 5.41 Å². The average molecular weight is 264 g/mol. The van der Waals surface area contributed by atoms with E-state index in [1.807, 2.05) is 0 Å². The first kappa shape index (κ1) is 14.8. The lowest BCUT2D eigenvalue weighted by Crippen LogP contribution is -2.59. The van der Waals surface area contributed by atoms with Crippen molar-refractivity contribution in [2.75, 3.05) is 13.6 Å². The minimum absolute atomic E-state index is 0.416. The number of alkyl halides is 2. The number of nitrogens with zero attached hydrogens (tertiary/aromatic N) is 1. The number of hydrogen-bond donors (Lipinski definition) is 2. The normalized spacial score (nSPS) is 31.1. The van der Waals surface area contributed by atoms with E-state index >= 15 is 0 Å². The number of halogens is 2. The lowest BCUT2D eigenvalue weighted by Gasteiger charge is -2.33. The second-order valence-corrected chi connectivity index (χ2v) is 5.94. The van der Waals surface area contributed by atoms with Gasteiger partial charge in [0.15, 0.2) is 18.4 Å². The third kappa shape index (κ3) is 2.95. The van der Waals surface area contributed by atoms with Gasteiger partial charge in [-0.2, -0.15) is 4.79 Å². The van der Waals surface area contributed by atoms with Crippen LogP contribution in [-0.4, -0.2) is 47.6 Å². The van der Waals surface area contributed by atoms with Crippen LogP contribution in [0.25, 0.3) is 0 Å². The van der Waals surface area contributed by atoms with Gasteiger partial charge in [-0.05, 0) is 20.8 Å². The Morgan fingerprint density at radius 3 is 2.39 bits per heavy atom. The second-order valence-electron chi connectivity index (χ2n) is 5.94. The summed E-state index contributed by atoms with van der Waals surface area (Å²) in [7, 11) is 1.33. The van der Waals surface area contributed by atoms with Gasteiger partial charge in [0.2, 0.25) is 0 Å². The van der Waals surface area contributed by atoms with Crippen molar-refractivity contribution >= 4 is 11.9 Å². The van der Waals surface area contributed by atoms with Gasteiger partial charge in [0, 0.05) is 0 Å². The number of ether oxygens (including phenoxy) is 1. The van der Waals surface area contributed by atoms with Crippen LogP contribution in [0, 0.1) is 5.41 Å². The number of amides is 1. The maximum absolute atomic E-state index is 13.5. The molecule has 1 aliphatic rings. The lowest BCUT2D eigenvalue weighted by atomic mass is 10.1. The molecule has 1 unspecified atom stereocenters. The molecule has 7 heteroatoms. The number of hydrogen-bond acceptors (Lipinski definition) is 3. The van der Waals surface area contributed by atoms with E-state index in [1.165, 1.54) is 7.05 Å². The van der Waals surface area contributed by atoms with Crippen LogP contribution >= 0.6 is 0 Å². The molecule has 0 saturated carbocycles. The van der Waals surface area contributed by atoms with Gasteiger partial charge in [-0.25, -0.2) is 13.3 Å². The molecule has 104 valence electrons. The molecule has 1 saturated heterocycles. The number of carbonyl (C=O) groups is 1. The Hall–Kier alpha value is -1.24. The minimum atomic E-state index is -3.01. The SMILES string of the molecule is CC(C)(C)OC(=O)[N+]1(C)CC(F)(F)C[C@H]1C(=N)N. The van der Waals surface area contributed by atoms with Gasteiger partial charge in [-0.3, -0.25) is 5.41 Å². The quantitative estimate of drug-likeness (QED) is 0.430. The van der Waals surface area contributed by atoms with Crippen molar-refractivity contribution in [3.8, 4) is 0 Å². The molecule has 18 heavy (non-hydrogen) atoms. The summed E-state index contributed by atoms with van der Waals surface area (Å²) < 4.78 is 31.4. The van der Waals surface area contributed by atoms with Crippen LogP contribution in [0.2, 0.25) is 0 Å². The number of likely N-dealkylation sites (N-methyl/N-ethyl adjacent to an activating group) is 1. The molecule has 0 aromatic carbocycles. The van der Waals surface area contributed by atoms with Crippen LogP contribution in [0.1, 0.15) is 27.2 Å². The topological polar surface area (TPSA) is 76.2 Å². The first-order chi connectivity index (χ1) is 7.87. The Labute approximate surface area is 105 Å². The molecule has 1 heterocycles. The van der Waals surface area contributed by atoms with Crippen molar-refractivity contribution in [3.05, 3.63) is 0 Å². The van der Waals surface area contributed by atoms with E-state index in [-0.39, 0.29) is 0 Å². The lowest BCUT2D eigenvalue weighted by molar-refractivity contribution is -0.844. The highest BCUT2D eigenvalue weighted by Gasteiger charge is 2.61. The molecule has 1 rings (SSSR count). The van der Waals surface area contributed by atoms with Crippen LogP contribution < -0.4 is 5.73 Å². The molecule has 1 aliphatic heterocycles. The van der Waals surface area contributed by atoms with E-state index in [0.717, 1.165) is 0 Å². The van der Waals surface area contributed by atoms with Crippen LogP contribution in [0.15, 0.2) is 0 Å². The van der Waals surface area contributed by atoms with Gasteiger partial charge in [0.05, 0.1) is 13.5 Å². The van der Waals surface area contributed by atoms with E-state index < -0.39 is 46.9 Å². The maximum Gasteiger partial charge on any atom is 0.517 e. The van der Waals surface area contributed by atoms with E-state index in [0.29, 0.717) is 0 Å². The van der Waals surface area contributed by atoms with Crippen molar-refractivity contribution in [3.63, 3.8) is 0 Å². The summed E-state index contributed by atoms with van der Waals surface area (Å²) in [6, 6.07) is -1.03. The smallest absolute Gasteiger partial charge is 0.414 e. The zero-order chi connectivity index (χ0) is 14.4. The zero-order valence-corrected chi connectivity index (χ0v) is 11.1. The fourth-order valence-corrected chi connectivity index (χ4v) is 2.11. The summed E-state index contributed by atoms with van der Waals surface area (Å²) in [4.78, 5) is 12.0. The fraction of sp³-hybridized carbons (Fsp3) is 0.818. The summed E-state index contributed by atoms with van der Waals surface area (Å²) in [5.41, 5.74) is 4.56. The highest BCUT2D eigenvalue weighted by Crippen LogP contribution is 2.37. The van der Waals surface area contributed by atoms with Gasteiger partial charge in [-0.15, -0.1) is 0 Å². The predicted molar refractivity (Wildman–Crippen MR) is 62.6 cm³/mol. The summed E-state index contributed by atoms with van der Waals surface area (Å²) in [5.74, 6) is -3.43. The van der Waals surface area contributed by atoms with E-state index in [2.05, 4.69) is 0 Å². The first-order valence-electron chi connectivity index (χ1n) is 5.68. The zero-order valence-electron chi connectivity index (χ0n) is 11.1. The summed E-state index contributed by atoms with van der Waals surface area (Å²) >= 11 is 0. The Morgan fingerprint density at radius 1 is 1.50 bits per heavy atom. The van der Waals surface area contributed by atoms with Gasteiger partial charge in [0.1, 0.15) is 5.60 Å². The van der Waals surface area contributed by atoms with Gasteiger partial charge in [0.25, 0.3) is 0 Å². The Morgan fingerprint density at radius 2 is 2.00 bits per heavy atom. The number of nitrogens with two attached hydrogens (primary N) is 1. The van der Waals surface area contributed by atoms with Crippen molar-refractivity contribution in [1.82, 2.24) is 0 Å². The van der Waals surface area contributed by atoms with E-state index in [4.69, 9.17) is 15.9 Å². The standard InChI is InChI=1S/C11H20F2N3O2/c1-10(2,3)18-9(17)16(4)6-11(12,13)5-7(16)8(14)15/h7H,5-6H2,1-4H3,(H3,14,15)/q+1/t7-,16?/m0/s1. The molecule has 2 atom stereocenters. The van der Waals surface area contributed by atoms with Crippen LogP contribution in [0.4, 0.5) is 13.6 Å². The number of rotatable bonds is 1. The molecule has 3 N–H and O–H groups in total. The molecular formula is C11H20F2N3O2+. The molecule has 0 aromatic heterocycles. The Balaban J connectivity index is 3.02. The monoisotopic (exact) mass is 264 g/mol. The Kier molecular flexibility index (Phi) is 3.42. The predicted octanol–water partition coefficient (Wildman–Crippen LogP) is 1.71. The van der Waals surface area contributed by atoms with Crippen molar-refractivity contribution in [2.45, 2.75) is 44.8 Å². The van der Waals surface area contributed by atoms with Crippen molar-refractivity contribution in [2.24, 2.45) is 5.73 Å². The first-order valence-corrected chi connectivity index (χ1v) is 5.68. The molecule has 0 aliphatic carbocycles. The van der Waals surface area contributed by atoms with Gasteiger partial charge >= 0.3 is 12.0 Å².